The number of carbonyl (C=O) groups excluding carboxylic acids is 1. The van der Waals surface area contributed by atoms with Gasteiger partial charge in [0.25, 0.3) is 0 Å². The Hall–Kier alpha value is -1.57. The number of Topliss-reactive ketones (excluding diaryl/α,β-unsaturated/α-hetero) is 1. The van der Waals surface area contributed by atoms with Crippen molar-refractivity contribution in [3.05, 3.63) is 35.5 Å². The van der Waals surface area contributed by atoms with E-state index in [0.29, 0.717) is 0 Å². The molecule has 0 N–H and O–H groups in total. The number of hydrogen-bond donors (Lipinski definition) is 0. The molecule has 2 heterocycles. The summed E-state index contributed by atoms with van der Waals surface area (Å²) in [5.41, 5.74) is 3.40. The second kappa shape index (κ2) is 2.96. The molecule has 2 nitrogen and oxygen atoms in total. The van der Waals surface area contributed by atoms with Gasteiger partial charge in [0.15, 0.2) is 5.78 Å². The molecule has 0 radical (unpaired) electrons. The first-order valence-electron chi connectivity index (χ1n) is 5.40. The van der Waals surface area contributed by atoms with Crippen LogP contribution in [0, 0.1) is 0 Å². The number of nitrogens with zero attached hydrogens (tertiary/aromatic N) is 1. The van der Waals surface area contributed by atoms with E-state index in [1.165, 1.54) is 17.6 Å². The maximum Gasteiger partial charge on any atom is 0.162 e. The third kappa shape index (κ3) is 1.08. The minimum atomic E-state index is 0.196. The van der Waals surface area contributed by atoms with Gasteiger partial charge in [-0.2, -0.15) is 0 Å². The lowest BCUT2D eigenvalue weighted by Crippen LogP contribution is -1.96. The van der Waals surface area contributed by atoms with E-state index >= 15 is 0 Å². The van der Waals surface area contributed by atoms with Crippen molar-refractivity contribution in [2.45, 2.75) is 26.3 Å². The number of benzene rings is 1. The Kier molecular flexibility index (Phi) is 1.72. The first kappa shape index (κ1) is 8.72. The maximum atomic E-state index is 11.7. The Morgan fingerprint density at radius 1 is 1.33 bits per heavy atom. The lowest BCUT2D eigenvalue weighted by Gasteiger charge is -1.97. The zero-order chi connectivity index (χ0) is 10.4. The normalized spacial score (nSPS) is 14.5. The summed E-state index contributed by atoms with van der Waals surface area (Å²) >= 11 is 0. The van der Waals surface area contributed by atoms with Gasteiger partial charge in [0.05, 0.1) is 0 Å². The molecular formula is C13H13NO. The largest absolute Gasteiger partial charge is 0.344 e. The number of para-hydroxylation sites is 1. The summed E-state index contributed by atoms with van der Waals surface area (Å²) in [6, 6.07) is 8.20. The number of aryl methyl sites for hydroxylation is 1. The molecule has 76 valence electrons. The van der Waals surface area contributed by atoms with Gasteiger partial charge in [0, 0.05) is 28.7 Å². The highest BCUT2D eigenvalue weighted by Crippen LogP contribution is 2.31. The van der Waals surface area contributed by atoms with Crippen molar-refractivity contribution in [1.29, 1.82) is 0 Å². The molecule has 0 saturated carbocycles. The molecular weight excluding hydrogens is 186 g/mol. The van der Waals surface area contributed by atoms with E-state index in [1.54, 1.807) is 6.92 Å². The van der Waals surface area contributed by atoms with E-state index in [2.05, 4.69) is 16.7 Å². The zero-order valence-corrected chi connectivity index (χ0v) is 8.79. The zero-order valence-electron chi connectivity index (χ0n) is 8.79. The number of hydrogen-bond acceptors (Lipinski definition) is 1. The molecule has 0 fully saturated rings. The van der Waals surface area contributed by atoms with Crippen LogP contribution in [0.4, 0.5) is 0 Å². The summed E-state index contributed by atoms with van der Waals surface area (Å²) in [5.74, 6) is 0.196. The average molecular weight is 199 g/mol. The molecule has 1 aromatic carbocycles. The van der Waals surface area contributed by atoms with Crippen molar-refractivity contribution in [3.63, 3.8) is 0 Å². The number of ketones is 1. The standard InChI is InChI=1S/C13H13NO/c1-9(15)13-10-5-2-3-6-11(10)14-8-4-7-12(13)14/h2-3,5-6H,4,7-8H2,1H3. The molecule has 1 aliphatic rings. The number of aromatic nitrogens is 1. The van der Waals surface area contributed by atoms with Crippen molar-refractivity contribution in [2.24, 2.45) is 0 Å². The molecule has 0 unspecified atom stereocenters. The van der Waals surface area contributed by atoms with Gasteiger partial charge in [-0.15, -0.1) is 0 Å². The fourth-order valence-electron chi connectivity index (χ4n) is 2.67. The van der Waals surface area contributed by atoms with Gasteiger partial charge in [-0.1, -0.05) is 18.2 Å². The number of fused-ring (bicyclic) bond motifs is 3. The topological polar surface area (TPSA) is 22.0 Å². The van der Waals surface area contributed by atoms with Crippen molar-refractivity contribution in [1.82, 2.24) is 4.57 Å². The van der Waals surface area contributed by atoms with Crippen molar-refractivity contribution < 1.29 is 4.79 Å². The summed E-state index contributed by atoms with van der Waals surface area (Å²) in [6.45, 7) is 2.73. The van der Waals surface area contributed by atoms with Gasteiger partial charge in [-0.05, 0) is 25.8 Å². The van der Waals surface area contributed by atoms with Gasteiger partial charge in [0.1, 0.15) is 0 Å². The van der Waals surface area contributed by atoms with Crippen LogP contribution < -0.4 is 0 Å². The van der Waals surface area contributed by atoms with Crippen LogP contribution in [-0.2, 0) is 13.0 Å². The highest BCUT2D eigenvalue weighted by atomic mass is 16.1. The van der Waals surface area contributed by atoms with Crippen LogP contribution in [0.2, 0.25) is 0 Å². The molecule has 3 rings (SSSR count). The van der Waals surface area contributed by atoms with Crippen molar-refractivity contribution in [2.75, 3.05) is 0 Å². The fourth-order valence-corrected chi connectivity index (χ4v) is 2.67. The van der Waals surface area contributed by atoms with E-state index in [-0.39, 0.29) is 5.78 Å². The molecule has 2 aromatic rings. The van der Waals surface area contributed by atoms with Crippen LogP contribution in [0.15, 0.2) is 24.3 Å². The minimum Gasteiger partial charge on any atom is -0.344 e. The molecule has 1 aromatic heterocycles. The van der Waals surface area contributed by atoms with E-state index in [1.807, 2.05) is 12.1 Å². The summed E-state index contributed by atoms with van der Waals surface area (Å²) in [6.07, 6.45) is 2.21. The van der Waals surface area contributed by atoms with Crippen LogP contribution in [-0.4, -0.2) is 10.4 Å². The quantitative estimate of drug-likeness (QED) is 0.647. The Balaban J connectivity index is 2.46. The third-order valence-electron chi connectivity index (χ3n) is 3.23. The van der Waals surface area contributed by atoms with Gasteiger partial charge in [0.2, 0.25) is 0 Å². The van der Waals surface area contributed by atoms with Crippen LogP contribution in [0.3, 0.4) is 0 Å². The highest BCUT2D eigenvalue weighted by Gasteiger charge is 2.22. The second-order valence-electron chi connectivity index (χ2n) is 4.15. The predicted molar refractivity (Wildman–Crippen MR) is 60.3 cm³/mol. The monoisotopic (exact) mass is 199 g/mol. The third-order valence-corrected chi connectivity index (χ3v) is 3.23. The molecule has 15 heavy (non-hydrogen) atoms. The highest BCUT2D eigenvalue weighted by molar-refractivity contribution is 6.08. The summed E-state index contributed by atoms with van der Waals surface area (Å²) in [4.78, 5) is 11.7. The van der Waals surface area contributed by atoms with Crippen LogP contribution in [0.1, 0.15) is 29.4 Å². The Bertz CT molecular complexity index is 551. The van der Waals surface area contributed by atoms with Gasteiger partial charge >= 0.3 is 0 Å². The van der Waals surface area contributed by atoms with Crippen LogP contribution >= 0.6 is 0 Å². The van der Waals surface area contributed by atoms with E-state index in [0.717, 1.165) is 23.9 Å². The lowest BCUT2D eigenvalue weighted by molar-refractivity contribution is 0.101. The minimum absolute atomic E-state index is 0.196. The maximum absolute atomic E-state index is 11.7. The van der Waals surface area contributed by atoms with E-state index in [9.17, 15) is 4.79 Å². The Labute approximate surface area is 88.5 Å². The number of rotatable bonds is 1. The van der Waals surface area contributed by atoms with Gasteiger partial charge in [-0.25, -0.2) is 0 Å². The first-order chi connectivity index (χ1) is 7.29. The molecule has 0 atom stereocenters. The molecule has 1 aliphatic heterocycles. The van der Waals surface area contributed by atoms with Crippen molar-refractivity contribution >= 4 is 16.7 Å². The molecule has 0 aliphatic carbocycles. The SMILES string of the molecule is CC(=O)c1c2n(c3ccccc13)CCC2. The molecule has 0 bridgehead atoms. The van der Waals surface area contributed by atoms with E-state index < -0.39 is 0 Å². The molecule has 2 heteroatoms. The molecule has 0 saturated heterocycles. The lowest BCUT2D eigenvalue weighted by atomic mass is 10.1. The van der Waals surface area contributed by atoms with Gasteiger partial charge < -0.3 is 4.57 Å². The summed E-state index contributed by atoms with van der Waals surface area (Å²) < 4.78 is 2.30. The second-order valence-corrected chi connectivity index (χ2v) is 4.15. The summed E-state index contributed by atoms with van der Waals surface area (Å²) in [7, 11) is 0. The smallest absolute Gasteiger partial charge is 0.162 e. The van der Waals surface area contributed by atoms with Gasteiger partial charge in [-0.3, -0.25) is 4.79 Å². The number of carbonyl (C=O) groups is 1. The van der Waals surface area contributed by atoms with Crippen molar-refractivity contribution in [3.8, 4) is 0 Å². The fraction of sp³-hybridized carbons (Fsp3) is 0.308. The summed E-state index contributed by atoms with van der Waals surface area (Å²) in [5, 5.41) is 1.12. The molecule has 0 spiro atoms. The van der Waals surface area contributed by atoms with Crippen LogP contribution in [0.5, 0.6) is 0 Å². The Morgan fingerprint density at radius 2 is 2.13 bits per heavy atom. The first-order valence-corrected chi connectivity index (χ1v) is 5.40. The predicted octanol–water partition coefficient (Wildman–Crippen LogP) is 2.79. The Morgan fingerprint density at radius 3 is 2.93 bits per heavy atom. The van der Waals surface area contributed by atoms with E-state index in [4.69, 9.17) is 0 Å². The van der Waals surface area contributed by atoms with Crippen LogP contribution in [0.25, 0.3) is 10.9 Å². The average Bonchev–Trinajstić information content (AvgIpc) is 2.75. The molecule has 0 amide bonds.